The van der Waals surface area contributed by atoms with Crippen molar-refractivity contribution in [1.29, 1.82) is 5.26 Å². The molecule has 4 rings (SSSR count). The number of rotatable bonds is 4. The van der Waals surface area contributed by atoms with Crippen LogP contribution < -0.4 is 10.2 Å². The third-order valence-electron chi connectivity index (χ3n) is 5.21. The number of quaternary nitrogens is 1. The number of fused-ring (bicyclic) bond motifs is 2. The molecule has 1 atom stereocenters. The Morgan fingerprint density at radius 1 is 1.20 bits per heavy atom. The summed E-state index contributed by atoms with van der Waals surface area (Å²) in [6.45, 7) is 1.19. The Kier molecular flexibility index (Phi) is 5.42. The van der Waals surface area contributed by atoms with Crippen LogP contribution in [-0.4, -0.2) is 37.1 Å². The fraction of sp³-hybridized carbons (Fsp3) is 0.217. The number of nitrogens with zero attached hydrogens (tertiary/aromatic N) is 2. The van der Waals surface area contributed by atoms with E-state index in [0.717, 1.165) is 35.1 Å². The minimum absolute atomic E-state index is 0.345. The van der Waals surface area contributed by atoms with E-state index in [0.29, 0.717) is 23.4 Å². The minimum Gasteiger partial charge on any atom is -0.452 e. The van der Waals surface area contributed by atoms with Crippen LogP contribution in [0.15, 0.2) is 48.5 Å². The second kappa shape index (κ2) is 8.31. The average molecular weight is 401 g/mol. The van der Waals surface area contributed by atoms with Crippen LogP contribution in [0.4, 0.5) is 5.69 Å². The molecule has 1 amide bonds. The number of benzene rings is 2. The lowest BCUT2D eigenvalue weighted by atomic mass is 9.96. The predicted octanol–water partition coefficient (Wildman–Crippen LogP) is 1.47. The summed E-state index contributed by atoms with van der Waals surface area (Å²) < 4.78 is 5.37. The molecule has 0 fully saturated rings. The van der Waals surface area contributed by atoms with Crippen molar-refractivity contribution in [2.24, 2.45) is 0 Å². The Hall–Kier alpha value is -3.76. The van der Waals surface area contributed by atoms with Gasteiger partial charge in [0.05, 0.1) is 41.6 Å². The van der Waals surface area contributed by atoms with Gasteiger partial charge in [0.15, 0.2) is 6.61 Å². The van der Waals surface area contributed by atoms with E-state index in [2.05, 4.69) is 12.4 Å². The number of anilines is 1. The lowest BCUT2D eigenvalue weighted by Crippen LogP contribution is -3.08. The van der Waals surface area contributed by atoms with E-state index in [-0.39, 0.29) is 0 Å². The first kappa shape index (κ1) is 19.6. The number of carbonyl (C=O) groups is 2. The monoisotopic (exact) mass is 401 g/mol. The molecule has 0 radical (unpaired) electrons. The molecule has 0 saturated heterocycles. The molecule has 2 N–H and O–H groups in total. The molecular weight excluding hydrogens is 380 g/mol. The van der Waals surface area contributed by atoms with E-state index in [4.69, 9.17) is 15.0 Å². The predicted molar refractivity (Wildman–Crippen MR) is 111 cm³/mol. The van der Waals surface area contributed by atoms with Gasteiger partial charge in [-0.1, -0.05) is 30.3 Å². The first-order valence-electron chi connectivity index (χ1n) is 9.74. The van der Waals surface area contributed by atoms with Gasteiger partial charge in [-0.25, -0.2) is 4.79 Å². The fourth-order valence-corrected chi connectivity index (χ4v) is 3.73. The fourth-order valence-electron chi connectivity index (χ4n) is 3.73. The second-order valence-corrected chi connectivity index (χ2v) is 7.34. The maximum atomic E-state index is 13.0. The Labute approximate surface area is 173 Å². The number of likely N-dealkylation sites (N-methyl/N-ethyl adjacent to an activating group) is 1. The zero-order chi connectivity index (χ0) is 21.1. The molecule has 1 aliphatic heterocycles. The molecule has 1 aliphatic rings. The Balaban J connectivity index is 1.57. The summed E-state index contributed by atoms with van der Waals surface area (Å²) in [6.07, 6.45) is 0.789. The van der Waals surface area contributed by atoms with Crippen LogP contribution >= 0.6 is 0 Å². The van der Waals surface area contributed by atoms with Gasteiger partial charge in [-0.15, -0.1) is 0 Å². The number of para-hydroxylation sites is 2. The summed E-state index contributed by atoms with van der Waals surface area (Å²) >= 11 is 0. The van der Waals surface area contributed by atoms with E-state index in [9.17, 15) is 9.59 Å². The third-order valence-corrected chi connectivity index (χ3v) is 5.21. The molecule has 2 aromatic carbocycles. The van der Waals surface area contributed by atoms with Gasteiger partial charge < -0.3 is 15.0 Å². The number of hydrogen-bond acceptors (Lipinski definition) is 5. The number of nitrogens with one attached hydrogen (secondary N) is 2. The van der Waals surface area contributed by atoms with E-state index in [1.165, 1.54) is 4.90 Å². The van der Waals surface area contributed by atoms with Gasteiger partial charge in [0.25, 0.3) is 5.91 Å². The topological polar surface area (TPSA) is 96.5 Å². The van der Waals surface area contributed by atoms with Crippen molar-refractivity contribution in [1.82, 2.24) is 4.98 Å². The number of nitriles is 1. The van der Waals surface area contributed by atoms with Crippen molar-refractivity contribution in [3.63, 3.8) is 0 Å². The highest BCUT2D eigenvalue weighted by molar-refractivity contribution is 6.06. The average Bonchev–Trinajstić information content (AvgIpc) is 2.76. The summed E-state index contributed by atoms with van der Waals surface area (Å²) in [4.78, 5) is 31.4. The smallest absolute Gasteiger partial charge is 0.339 e. The van der Waals surface area contributed by atoms with Crippen LogP contribution in [0.1, 0.15) is 27.2 Å². The van der Waals surface area contributed by atoms with Gasteiger partial charge in [0, 0.05) is 17.4 Å². The number of carbonyl (C=O) groups excluding carboxylic acids is 2. The van der Waals surface area contributed by atoms with Crippen molar-refractivity contribution >= 4 is 28.5 Å². The van der Waals surface area contributed by atoms with Crippen LogP contribution in [0.2, 0.25) is 0 Å². The quantitative estimate of drug-likeness (QED) is 0.646. The van der Waals surface area contributed by atoms with Crippen molar-refractivity contribution in [3.8, 4) is 6.07 Å². The van der Waals surface area contributed by atoms with Crippen LogP contribution in [0, 0.1) is 11.3 Å². The number of hydrogen-bond donors (Lipinski definition) is 2. The van der Waals surface area contributed by atoms with Gasteiger partial charge in [0.1, 0.15) is 12.6 Å². The number of ether oxygens (including phenoxy) is 1. The maximum absolute atomic E-state index is 13.0. The molecule has 150 valence electrons. The molecule has 0 saturated carbocycles. The molecule has 3 aromatic rings. The molecule has 7 heteroatoms. The van der Waals surface area contributed by atoms with Gasteiger partial charge in [0.2, 0.25) is 0 Å². The SMILES string of the molecule is C[NH+]1CCc2nc3ccccc3c(C(=O)OCC(=O)Nc3ccccc3C#N)c2C1. The van der Waals surface area contributed by atoms with Crippen LogP contribution in [0.3, 0.4) is 0 Å². The Morgan fingerprint density at radius 2 is 1.97 bits per heavy atom. The van der Waals surface area contributed by atoms with Crippen molar-refractivity contribution in [2.45, 2.75) is 13.0 Å². The van der Waals surface area contributed by atoms with Crippen LogP contribution in [-0.2, 0) is 22.5 Å². The van der Waals surface area contributed by atoms with Gasteiger partial charge >= 0.3 is 5.97 Å². The molecule has 0 bridgehead atoms. The number of aromatic nitrogens is 1. The van der Waals surface area contributed by atoms with E-state index in [1.807, 2.05) is 30.3 Å². The molecule has 30 heavy (non-hydrogen) atoms. The minimum atomic E-state index is -0.539. The molecule has 2 heterocycles. The van der Waals surface area contributed by atoms with E-state index < -0.39 is 18.5 Å². The Morgan fingerprint density at radius 3 is 2.80 bits per heavy atom. The molecule has 0 aliphatic carbocycles. The summed E-state index contributed by atoms with van der Waals surface area (Å²) in [5.41, 5.74) is 3.77. The summed E-state index contributed by atoms with van der Waals surface area (Å²) in [6, 6.07) is 16.2. The second-order valence-electron chi connectivity index (χ2n) is 7.34. The zero-order valence-corrected chi connectivity index (χ0v) is 16.6. The lowest BCUT2D eigenvalue weighted by Gasteiger charge is -2.24. The van der Waals surface area contributed by atoms with Crippen molar-refractivity contribution < 1.29 is 19.2 Å². The van der Waals surface area contributed by atoms with E-state index >= 15 is 0 Å². The first-order valence-corrected chi connectivity index (χ1v) is 9.74. The highest BCUT2D eigenvalue weighted by Crippen LogP contribution is 2.25. The molecule has 0 spiro atoms. The van der Waals surface area contributed by atoms with Gasteiger partial charge in [-0.05, 0) is 18.2 Å². The Bertz CT molecular complexity index is 1180. The maximum Gasteiger partial charge on any atom is 0.339 e. The summed E-state index contributed by atoms with van der Waals surface area (Å²) in [5, 5.41) is 12.5. The summed E-state index contributed by atoms with van der Waals surface area (Å²) in [5.74, 6) is -1.04. The largest absolute Gasteiger partial charge is 0.452 e. The van der Waals surface area contributed by atoms with Crippen LogP contribution in [0.25, 0.3) is 10.9 Å². The van der Waals surface area contributed by atoms with Gasteiger partial charge in [-0.2, -0.15) is 5.26 Å². The van der Waals surface area contributed by atoms with E-state index in [1.54, 1.807) is 24.3 Å². The summed E-state index contributed by atoms with van der Waals surface area (Å²) in [7, 11) is 2.08. The van der Waals surface area contributed by atoms with Crippen molar-refractivity contribution in [3.05, 3.63) is 70.9 Å². The number of pyridine rings is 1. The lowest BCUT2D eigenvalue weighted by molar-refractivity contribution is -0.895. The molecule has 7 nitrogen and oxygen atoms in total. The standard InChI is InChI=1S/C23H20N4O3/c1-27-11-10-20-17(13-27)22(16-7-3-5-9-19(16)25-20)23(29)30-14-21(28)26-18-8-4-2-6-15(18)12-24/h2-9H,10-11,13-14H2,1H3,(H,26,28)/p+1. The molecule has 1 unspecified atom stereocenters. The highest BCUT2D eigenvalue weighted by Gasteiger charge is 2.27. The van der Waals surface area contributed by atoms with Crippen molar-refractivity contribution in [2.75, 3.05) is 25.5 Å². The van der Waals surface area contributed by atoms with Crippen LogP contribution in [0.5, 0.6) is 0 Å². The third kappa shape index (κ3) is 3.86. The number of esters is 1. The zero-order valence-electron chi connectivity index (χ0n) is 16.6. The highest BCUT2D eigenvalue weighted by atomic mass is 16.5. The van der Waals surface area contributed by atoms with Gasteiger partial charge in [-0.3, -0.25) is 9.78 Å². The molecular formula is C23H21N4O3+. The first-order chi connectivity index (χ1) is 14.6. The normalized spacial score (nSPS) is 15.1. The molecule has 1 aromatic heterocycles. The number of amides is 1.